The first-order valence-electron chi connectivity index (χ1n) is 8.05. The average Bonchev–Trinajstić information content (AvgIpc) is 2.99. The lowest BCUT2D eigenvalue weighted by atomic mass is 9.84. The molecule has 118 valence electrons. The Hall–Kier alpha value is -1.39. The number of carboxylic acid groups (broad SMARTS) is 1. The Morgan fingerprint density at radius 3 is 2.52 bits per heavy atom. The lowest BCUT2D eigenvalue weighted by Crippen LogP contribution is -2.35. The molecular weight excluding hydrogens is 270 g/mol. The number of carbonyl (C=O) groups is 3. The molecule has 2 fully saturated rings. The van der Waals surface area contributed by atoms with E-state index < -0.39 is 5.97 Å². The standard InChI is InChI=1S/C16H25NO4/c1-2-12(5-6-14(19)20)7-10-17-13(18)11-16(15(17)21)8-3-4-9-16/h12H,2-11H2,1H3,(H,19,20). The molecule has 2 aliphatic rings. The number of amides is 2. The van der Waals surface area contributed by atoms with Crippen LogP contribution >= 0.6 is 0 Å². The fourth-order valence-corrected chi connectivity index (χ4v) is 3.72. The van der Waals surface area contributed by atoms with E-state index >= 15 is 0 Å². The van der Waals surface area contributed by atoms with Crippen LogP contribution in [-0.4, -0.2) is 34.3 Å². The monoisotopic (exact) mass is 295 g/mol. The van der Waals surface area contributed by atoms with Crippen LogP contribution in [0.25, 0.3) is 0 Å². The Morgan fingerprint density at radius 1 is 1.29 bits per heavy atom. The summed E-state index contributed by atoms with van der Waals surface area (Å²) in [5.41, 5.74) is -0.389. The van der Waals surface area contributed by atoms with Crippen molar-refractivity contribution in [2.45, 2.75) is 64.7 Å². The fourth-order valence-electron chi connectivity index (χ4n) is 3.72. The van der Waals surface area contributed by atoms with Crippen LogP contribution in [0, 0.1) is 11.3 Å². The zero-order chi connectivity index (χ0) is 15.5. The summed E-state index contributed by atoms with van der Waals surface area (Å²) in [7, 11) is 0. The van der Waals surface area contributed by atoms with Crippen molar-refractivity contribution in [2.24, 2.45) is 11.3 Å². The molecule has 0 aromatic heterocycles. The van der Waals surface area contributed by atoms with E-state index in [0.29, 0.717) is 19.4 Å². The van der Waals surface area contributed by atoms with Crippen LogP contribution in [0.2, 0.25) is 0 Å². The van der Waals surface area contributed by atoms with Crippen LogP contribution in [0.5, 0.6) is 0 Å². The summed E-state index contributed by atoms with van der Waals surface area (Å²) in [4.78, 5) is 36.7. The first kappa shape index (κ1) is 16.0. The van der Waals surface area contributed by atoms with Crippen LogP contribution in [-0.2, 0) is 14.4 Å². The van der Waals surface area contributed by atoms with E-state index in [4.69, 9.17) is 5.11 Å². The molecule has 1 N–H and O–H groups in total. The molecule has 1 saturated heterocycles. The highest BCUT2D eigenvalue weighted by molar-refractivity contribution is 6.06. The van der Waals surface area contributed by atoms with Crippen molar-refractivity contribution in [3.8, 4) is 0 Å². The van der Waals surface area contributed by atoms with Crippen molar-refractivity contribution in [3.63, 3.8) is 0 Å². The van der Waals surface area contributed by atoms with Gasteiger partial charge in [-0.1, -0.05) is 26.2 Å². The number of hydrogen-bond donors (Lipinski definition) is 1. The third kappa shape index (κ3) is 3.44. The average molecular weight is 295 g/mol. The minimum absolute atomic E-state index is 0.0260. The summed E-state index contributed by atoms with van der Waals surface area (Å²) in [5.74, 6) is -0.526. The van der Waals surface area contributed by atoms with Crippen LogP contribution in [0.1, 0.15) is 64.7 Å². The van der Waals surface area contributed by atoms with Gasteiger partial charge in [-0.05, 0) is 31.6 Å². The van der Waals surface area contributed by atoms with Gasteiger partial charge in [-0.3, -0.25) is 19.3 Å². The Bertz CT molecular complexity index is 426. The summed E-state index contributed by atoms with van der Waals surface area (Å²) < 4.78 is 0. The Labute approximate surface area is 125 Å². The van der Waals surface area contributed by atoms with E-state index in [-0.39, 0.29) is 29.6 Å². The Kier molecular flexibility index (Phi) is 5.01. The van der Waals surface area contributed by atoms with E-state index in [9.17, 15) is 14.4 Å². The second kappa shape index (κ2) is 6.58. The molecule has 1 saturated carbocycles. The Morgan fingerprint density at radius 2 is 1.95 bits per heavy atom. The van der Waals surface area contributed by atoms with E-state index in [1.807, 2.05) is 6.92 Å². The molecule has 0 aromatic rings. The minimum atomic E-state index is -0.785. The lowest BCUT2D eigenvalue weighted by molar-refractivity contribution is -0.142. The van der Waals surface area contributed by atoms with Gasteiger partial charge in [0, 0.05) is 19.4 Å². The quantitative estimate of drug-likeness (QED) is 0.733. The Balaban J connectivity index is 1.88. The molecule has 5 nitrogen and oxygen atoms in total. The maximum atomic E-state index is 12.5. The predicted molar refractivity (Wildman–Crippen MR) is 77.5 cm³/mol. The number of nitrogens with zero attached hydrogens (tertiary/aromatic N) is 1. The first-order valence-corrected chi connectivity index (χ1v) is 8.05. The van der Waals surface area contributed by atoms with Crippen LogP contribution < -0.4 is 0 Å². The molecular formula is C16H25NO4. The number of likely N-dealkylation sites (tertiary alicyclic amines) is 1. The minimum Gasteiger partial charge on any atom is -0.481 e. The second-order valence-electron chi connectivity index (χ2n) is 6.51. The lowest BCUT2D eigenvalue weighted by Gasteiger charge is -2.22. The SMILES string of the molecule is CCC(CCC(=O)O)CCN1C(=O)CC2(CCCC2)C1=O. The van der Waals surface area contributed by atoms with Gasteiger partial charge in [-0.15, -0.1) is 0 Å². The van der Waals surface area contributed by atoms with Gasteiger partial charge >= 0.3 is 5.97 Å². The van der Waals surface area contributed by atoms with Gasteiger partial charge in [0.15, 0.2) is 0 Å². The highest BCUT2D eigenvalue weighted by atomic mass is 16.4. The molecule has 1 atom stereocenters. The van der Waals surface area contributed by atoms with Crippen molar-refractivity contribution < 1.29 is 19.5 Å². The van der Waals surface area contributed by atoms with Gasteiger partial charge in [0.25, 0.3) is 0 Å². The summed E-state index contributed by atoms with van der Waals surface area (Å²) in [6, 6.07) is 0. The van der Waals surface area contributed by atoms with Gasteiger partial charge in [0.05, 0.1) is 5.41 Å². The summed E-state index contributed by atoms with van der Waals surface area (Å²) in [6.45, 7) is 2.48. The van der Waals surface area contributed by atoms with Crippen molar-refractivity contribution >= 4 is 17.8 Å². The van der Waals surface area contributed by atoms with E-state index in [1.165, 1.54) is 4.90 Å². The molecule has 2 amide bonds. The molecule has 21 heavy (non-hydrogen) atoms. The summed E-state index contributed by atoms with van der Waals surface area (Å²) >= 11 is 0. The number of carboxylic acids is 1. The number of carbonyl (C=O) groups excluding carboxylic acids is 2. The van der Waals surface area contributed by atoms with E-state index in [0.717, 1.165) is 38.5 Å². The van der Waals surface area contributed by atoms with Gasteiger partial charge in [0.2, 0.25) is 11.8 Å². The van der Waals surface area contributed by atoms with Crippen LogP contribution in [0.15, 0.2) is 0 Å². The molecule has 2 rings (SSSR count). The van der Waals surface area contributed by atoms with Crippen molar-refractivity contribution in [1.82, 2.24) is 4.90 Å². The smallest absolute Gasteiger partial charge is 0.303 e. The molecule has 0 aromatic carbocycles. The maximum Gasteiger partial charge on any atom is 0.303 e. The highest BCUT2D eigenvalue weighted by Crippen LogP contribution is 2.46. The maximum absolute atomic E-state index is 12.5. The molecule has 0 bridgehead atoms. The van der Waals surface area contributed by atoms with Crippen LogP contribution in [0.3, 0.4) is 0 Å². The largest absolute Gasteiger partial charge is 0.481 e. The zero-order valence-corrected chi connectivity index (χ0v) is 12.8. The molecule has 1 heterocycles. The third-order valence-electron chi connectivity index (χ3n) is 5.15. The molecule has 1 aliphatic carbocycles. The third-order valence-corrected chi connectivity index (χ3v) is 5.15. The first-order chi connectivity index (χ1) is 9.98. The highest BCUT2D eigenvalue weighted by Gasteiger charge is 2.52. The predicted octanol–water partition coefficient (Wildman–Crippen LogP) is 2.59. The van der Waals surface area contributed by atoms with Crippen molar-refractivity contribution in [3.05, 3.63) is 0 Å². The number of aliphatic carboxylic acids is 1. The summed E-state index contributed by atoms with van der Waals surface area (Å²) in [5, 5.41) is 8.74. The molecule has 5 heteroatoms. The summed E-state index contributed by atoms with van der Waals surface area (Å²) in [6.07, 6.45) is 6.56. The van der Waals surface area contributed by atoms with Gasteiger partial charge in [0.1, 0.15) is 0 Å². The van der Waals surface area contributed by atoms with Crippen molar-refractivity contribution in [1.29, 1.82) is 0 Å². The molecule has 0 radical (unpaired) electrons. The van der Waals surface area contributed by atoms with Gasteiger partial charge in [-0.25, -0.2) is 0 Å². The van der Waals surface area contributed by atoms with E-state index in [1.54, 1.807) is 0 Å². The van der Waals surface area contributed by atoms with E-state index in [2.05, 4.69) is 0 Å². The topological polar surface area (TPSA) is 74.7 Å². The van der Waals surface area contributed by atoms with Gasteiger partial charge in [-0.2, -0.15) is 0 Å². The molecule has 1 aliphatic heterocycles. The number of hydrogen-bond acceptors (Lipinski definition) is 3. The van der Waals surface area contributed by atoms with Crippen LogP contribution in [0.4, 0.5) is 0 Å². The second-order valence-corrected chi connectivity index (χ2v) is 6.51. The molecule has 1 spiro atoms. The zero-order valence-electron chi connectivity index (χ0n) is 12.8. The number of rotatable bonds is 7. The fraction of sp³-hybridized carbons (Fsp3) is 0.812. The number of imide groups is 1. The van der Waals surface area contributed by atoms with Crippen molar-refractivity contribution in [2.75, 3.05) is 6.54 Å². The van der Waals surface area contributed by atoms with Gasteiger partial charge < -0.3 is 5.11 Å². The normalized spacial score (nSPS) is 22.2. The molecule has 1 unspecified atom stereocenters.